The summed E-state index contributed by atoms with van der Waals surface area (Å²) in [6, 6.07) is 3.36. The van der Waals surface area contributed by atoms with E-state index < -0.39 is 5.97 Å². The molecule has 2 N–H and O–H groups in total. The fourth-order valence-corrected chi connectivity index (χ4v) is 1.26. The summed E-state index contributed by atoms with van der Waals surface area (Å²) in [7, 11) is 1.54. The van der Waals surface area contributed by atoms with Gasteiger partial charge in [-0.15, -0.1) is 0 Å². The molecule has 0 heterocycles. The van der Waals surface area contributed by atoms with Crippen molar-refractivity contribution in [1.82, 2.24) is 0 Å². The molecule has 0 spiro atoms. The van der Waals surface area contributed by atoms with Gasteiger partial charge in [-0.1, -0.05) is 0 Å². The van der Waals surface area contributed by atoms with Gasteiger partial charge < -0.3 is 15.2 Å². The lowest BCUT2D eigenvalue weighted by molar-refractivity contribution is 0.0527. The van der Waals surface area contributed by atoms with E-state index in [-0.39, 0.29) is 0 Å². The Morgan fingerprint density at radius 1 is 1.47 bits per heavy atom. The van der Waals surface area contributed by atoms with Crippen LogP contribution in [0.3, 0.4) is 0 Å². The first-order valence-electron chi connectivity index (χ1n) is 4.71. The second-order valence-corrected chi connectivity index (χ2v) is 3.13. The van der Waals surface area contributed by atoms with Gasteiger partial charge in [-0.25, -0.2) is 4.79 Å². The van der Waals surface area contributed by atoms with E-state index in [2.05, 4.69) is 0 Å². The van der Waals surface area contributed by atoms with E-state index in [0.717, 1.165) is 5.56 Å². The molecule has 0 atom stereocenters. The molecule has 4 nitrogen and oxygen atoms in total. The maximum Gasteiger partial charge on any atom is 0.340 e. The van der Waals surface area contributed by atoms with Crippen molar-refractivity contribution in [3.8, 4) is 5.75 Å². The number of carbonyl (C=O) groups is 1. The molecule has 0 aliphatic heterocycles. The van der Waals surface area contributed by atoms with Crippen LogP contribution in [0.25, 0.3) is 0 Å². The third kappa shape index (κ3) is 2.40. The fraction of sp³-hybridized carbons (Fsp3) is 0.364. The van der Waals surface area contributed by atoms with Crippen LogP contribution in [0.4, 0.5) is 5.69 Å². The van der Waals surface area contributed by atoms with Crippen molar-refractivity contribution in [2.75, 3.05) is 19.5 Å². The standard InChI is InChI=1S/C11H15NO3/c1-4-15-11(13)9-6-8(14-3)5-7(2)10(9)12/h5-6H,4,12H2,1-3H3. The maximum absolute atomic E-state index is 11.5. The molecule has 82 valence electrons. The Bertz CT molecular complexity index is 374. The van der Waals surface area contributed by atoms with Gasteiger partial charge >= 0.3 is 5.97 Å². The van der Waals surface area contributed by atoms with Crippen LogP contribution in [-0.4, -0.2) is 19.7 Å². The van der Waals surface area contributed by atoms with Crippen LogP contribution in [0.15, 0.2) is 12.1 Å². The van der Waals surface area contributed by atoms with E-state index in [1.54, 1.807) is 26.2 Å². The molecule has 0 bridgehead atoms. The molecule has 0 aliphatic rings. The summed E-state index contributed by atoms with van der Waals surface area (Å²) in [5, 5.41) is 0. The van der Waals surface area contributed by atoms with Crippen molar-refractivity contribution in [3.63, 3.8) is 0 Å². The first-order chi connectivity index (χ1) is 7.10. The molecule has 1 aromatic carbocycles. The smallest absolute Gasteiger partial charge is 0.340 e. The van der Waals surface area contributed by atoms with Crippen LogP contribution in [0.5, 0.6) is 5.75 Å². The molecule has 1 aromatic rings. The number of hydrogen-bond donors (Lipinski definition) is 1. The summed E-state index contributed by atoms with van der Waals surface area (Å²) in [6.07, 6.45) is 0. The Morgan fingerprint density at radius 3 is 2.67 bits per heavy atom. The van der Waals surface area contributed by atoms with Gasteiger partial charge in [0.25, 0.3) is 0 Å². The van der Waals surface area contributed by atoms with E-state index in [9.17, 15) is 4.79 Å². The van der Waals surface area contributed by atoms with Crippen LogP contribution >= 0.6 is 0 Å². The molecule has 0 radical (unpaired) electrons. The lowest BCUT2D eigenvalue weighted by atomic mass is 10.1. The van der Waals surface area contributed by atoms with Crippen molar-refractivity contribution in [1.29, 1.82) is 0 Å². The molecule has 4 heteroatoms. The molecule has 0 saturated heterocycles. The van der Waals surface area contributed by atoms with E-state index in [0.29, 0.717) is 23.6 Å². The summed E-state index contributed by atoms with van der Waals surface area (Å²) < 4.78 is 9.94. The normalized spacial score (nSPS) is 9.80. The Hall–Kier alpha value is -1.71. The first-order valence-corrected chi connectivity index (χ1v) is 4.71. The molecule has 0 saturated carbocycles. The van der Waals surface area contributed by atoms with Crippen LogP contribution in [0, 0.1) is 6.92 Å². The highest BCUT2D eigenvalue weighted by Gasteiger charge is 2.14. The number of carbonyl (C=O) groups excluding carboxylic acids is 1. The second-order valence-electron chi connectivity index (χ2n) is 3.13. The summed E-state index contributed by atoms with van der Waals surface area (Å²) in [6.45, 7) is 3.90. The molecular weight excluding hydrogens is 194 g/mol. The monoisotopic (exact) mass is 209 g/mol. The minimum Gasteiger partial charge on any atom is -0.497 e. The van der Waals surface area contributed by atoms with Gasteiger partial charge in [-0.05, 0) is 31.5 Å². The Morgan fingerprint density at radius 2 is 2.13 bits per heavy atom. The lowest BCUT2D eigenvalue weighted by Gasteiger charge is -2.10. The molecule has 0 aromatic heterocycles. The maximum atomic E-state index is 11.5. The number of benzene rings is 1. The van der Waals surface area contributed by atoms with Crippen LogP contribution in [0.2, 0.25) is 0 Å². The predicted octanol–water partition coefficient (Wildman–Crippen LogP) is 1.76. The summed E-state index contributed by atoms with van der Waals surface area (Å²) in [5.41, 5.74) is 7.38. The summed E-state index contributed by atoms with van der Waals surface area (Å²) >= 11 is 0. The van der Waals surface area contributed by atoms with Crippen LogP contribution < -0.4 is 10.5 Å². The number of nitrogen functional groups attached to an aromatic ring is 1. The number of methoxy groups -OCH3 is 1. The molecular formula is C11H15NO3. The predicted molar refractivity (Wildman–Crippen MR) is 58.1 cm³/mol. The third-order valence-corrected chi connectivity index (χ3v) is 2.09. The Balaban J connectivity index is 3.15. The van der Waals surface area contributed by atoms with Crippen LogP contribution in [0.1, 0.15) is 22.8 Å². The SMILES string of the molecule is CCOC(=O)c1cc(OC)cc(C)c1N. The number of hydrogen-bond acceptors (Lipinski definition) is 4. The third-order valence-electron chi connectivity index (χ3n) is 2.09. The zero-order valence-corrected chi connectivity index (χ0v) is 9.16. The molecule has 0 aliphatic carbocycles. The summed E-state index contributed by atoms with van der Waals surface area (Å²) in [4.78, 5) is 11.5. The Kier molecular flexibility index (Phi) is 3.55. The highest BCUT2D eigenvalue weighted by molar-refractivity contribution is 5.96. The number of nitrogens with two attached hydrogens (primary N) is 1. The average molecular weight is 209 g/mol. The minimum absolute atomic E-state index is 0.328. The van der Waals surface area contributed by atoms with Crippen molar-refractivity contribution in [3.05, 3.63) is 23.3 Å². The van der Waals surface area contributed by atoms with Gasteiger partial charge in [0.15, 0.2) is 0 Å². The van der Waals surface area contributed by atoms with E-state index in [1.807, 2.05) is 6.92 Å². The Labute approximate surface area is 89.0 Å². The second kappa shape index (κ2) is 4.68. The van der Waals surface area contributed by atoms with Crippen molar-refractivity contribution < 1.29 is 14.3 Å². The zero-order valence-electron chi connectivity index (χ0n) is 9.16. The summed E-state index contributed by atoms with van der Waals surface area (Å²) in [5.74, 6) is 0.182. The van der Waals surface area contributed by atoms with E-state index in [1.165, 1.54) is 0 Å². The van der Waals surface area contributed by atoms with Gasteiger partial charge in [-0.3, -0.25) is 0 Å². The van der Waals surface area contributed by atoms with E-state index in [4.69, 9.17) is 15.2 Å². The number of aryl methyl sites for hydroxylation is 1. The largest absolute Gasteiger partial charge is 0.497 e. The number of ether oxygens (including phenoxy) is 2. The highest BCUT2D eigenvalue weighted by atomic mass is 16.5. The van der Waals surface area contributed by atoms with Gasteiger partial charge in [0.05, 0.1) is 19.3 Å². The van der Waals surface area contributed by atoms with Gasteiger partial charge in [0.2, 0.25) is 0 Å². The first kappa shape index (κ1) is 11.4. The molecule has 15 heavy (non-hydrogen) atoms. The lowest BCUT2D eigenvalue weighted by Crippen LogP contribution is -2.09. The molecule has 0 amide bonds. The number of esters is 1. The van der Waals surface area contributed by atoms with Gasteiger partial charge in [0.1, 0.15) is 5.75 Å². The zero-order chi connectivity index (χ0) is 11.4. The van der Waals surface area contributed by atoms with Crippen molar-refractivity contribution >= 4 is 11.7 Å². The molecule has 0 unspecified atom stereocenters. The average Bonchev–Trinajstić information content (AvgIpc) is 2.22. The molecule has 0 fully saturated rings. The molecule has 1 rings (SSSR count). The topological polar surface area (TPSA) is 61.5 Å². The number of rotatable bonds is 3. The van der Waals surface area contributed by atoms with Crippen molar-refractivity contribution in [2.45, 2.75) is 13.8 Å². The minimum atomic E-state index is -0.419. The van der Waals surface area contributed by atoms with Crippen LogP contribution in [-0.2, 0) is 4.74 Å². The fourth-order valence-electron chi connectivity index (χ4n) is 1.26. The number of anilines is 1. The van der Waals surface area contributed by atoms with Crippen molar-refractivity contribution in [2.24, 2.45) is 0 Å². The van der Waals surface area contributed by atoms with E-state index >= 15 is 0 Å². The highest BCUT2D eigenvalue weighted by Crippen LogP contribution is 2.24. The van der Waals surface area contributed by atoms with Gasteiger partial charge in [-0.2, -0.15) is 0 Å². The quantitative estimate of drug-likeness (QED) is 0.608. The van der Waals surface area contributed by atoms with Gasteiger partial charge in [0, 0.05) is 5.69 Å².